The lowest BCUT2D eigenvalue weighted by atomic mass is 9.42. The summed E-state index contributed by atoms with van der Waals surface area (Å²) in [6.07, 6.45) is 4.05. The zero-order valence-electron chi connectivity index (χ0n) is 12.6. The van der Waals surface area contributed by atoms with E-state index in [2.05, 4.69) is 27.4 Å². The zero-order valence-corrected chi connectivity index (χ0v) is 12.6. The van der Waals surface area contributed by atoms with Crippen LogP contribution >= 0.6 is 0 Å². The molecule has 3 aliphatic carbocycles. The van der Waals surface area contributed by atoms with E-state index in [0.717, 1.165) is 23.7 Å². The summed E-state index contributed by atoms with van der Waals surface area (Å²) in [5.41, 5.74) is 0.267. The minimum absolute atomic E-state index is 0.211. The molecule has 0 aromatic carbocycles. The van der Waals surface area contributed by atoms with E-state index in [4.69, 9.17) is 4.74 Å². The Morgan fingerprint density at radius 2 is 1.89 bits per heavy atom. The first-order chi connectivity index (χ1) is 8.84. The van der Waals surface area contributed by atoms with Gasteiger partial charge in [-0.2, -0.15) is 0 Å². The molecule has 2 nitrogen and oxygen atoms in total. The number of esters is 1. The molecular weight excluding hydrogens is 236 g/mol. The van der Waals surface area contributed by atoms with Gasteiger partial charge in [0.15, 0.2) is 0 Å². The molecule has 0 radical (unpaired) electrons. The standard InChI is InChI=1S/C17H26O2/c1-9(2)16(18)19-17(5)11(4)14-7-12-6-10(3)13(12)8-15(14)17/h10-15H,1,6-8H2,2-5H3. The van der Waals surface area contributed by atoms with Gasteiger partial charge in [0.1, 0.15) is 5.60 Å². The quantitative estimate of drug-likeness (QED) is 0.558. The van der Waals surface area contributed by atoms with Gasteiger partial charge in [-0.3, -0.25) is 0 Å². The van der Waals surface area contributed by atoms with Crippen molar-refractivity contribution in [3.8, 4) is 0 Å². The van der Waals surface area contributed by atoms with Crippen LogP contribution in [0.4, 0.5) is 0 Å². The Labute approximate surface area is 116 Å². The molecule has 3 aliphatic rings. The van der Waals surface area contributed by atoms with Gasteiger partial charge in [-0.1, -0.05) is 20.4 Å². The fourth-order valence-corrected chi connectivity index (χ4v) is 5.08. The highest BCUT2D eigenvalue weighted by Crippen LogP contribution is 2.64. The predicted octanol–water partition coefficient (Wildman–Crippen LogP) is 3.81. The number of hydrogen-bond donors (Lipinski definition) is 0. The summed E-state index contributed by atoms with van der Waals surface area (Å²) in [7, 11) is 0. The van der Waals surface area contributed by atoms with Crippen molar-refractivity contribution in [1.82, 2.24) is 0 Å². The van der Waals surface area contributed by atoms with Crippen LogP contribution in [-0.2, 0) is 9.53 Å². The first-order valence-electron chi connectivity index (χ1n) is 7.73. The molecule has 0 aliphatic heterocycles. The number of fused-ring (bicyclic) bond motifs is 2. The number of carbonyl (C=O) groups is 1. The topological polar surface area (TPSA) is 26.3 Å². The van der Waals surface area contributed by atoms with Crippen molar-refractivity contribution >= 4 is 5.97 Å². The molecule has 3 fully saturated rings. The number of ether oxygens (including phenoxy) is 1. The van der Waals surface area contributed by atoms with Crippen molar-refractivity contribution in [2.24, 2.45) is 35.5 Å². The van der Waals surface area contributed by atoms with Gasteiger partial charge in [0.2, 0.25) is 0 Å². The van der Waals surface area contributed by atoms with Gasteiger partial charge in [0.25, 0.3) is 0 Å². The predicted molar refractivity (Wildman–Crippen MR) is 75.5 cm³/mol. The first kappa shape index (κ1) is 13.2. The fourth-order valence-electron chi connectivity index (χ4n) is 5.08. The van der Waals surface area contributed by atoms with E-state index >= 15 is 0 Å². The van der Waals surface area contributed by atoms with Gasteiger partial charge in [-0.25, -0.2) is 4.79 Å². The van der Waals surface area contributed by atoms with Crippen molar-refractivity contribution in [2.45, 2.75) is 52.6 Å². The second-order valence-electron chi connectivity index (χ2n) is 7.52. The zero-order chi connectivity index (χ0) is 13.9. The molecule has 0 spiro atoms. The Morgan fingerprint density at radius 3 is 2.47 bits per heavy atom. The van der Waals surface area contributed by atoms with E-state index < -0.39 is 0 Å². The molecule has 0 aromatic heterocycles. The molecule has 106 valence electrons. The summed E-state index contributed by atoms with van der Waals surface area (Å²) in [5.74, 6) is 4.36. The Hall–Kier alpha value is -0.790. The Balaban J connectivity index is 1.73. The van der Waals surface area contributed by atoms with Gasteiger partial charge in [-0.05, 0) is 62.7 Å². The molecule has 2 heteroatoms. The second kappa shape index (κ2) is 4.10. The molecule has 7 unspecified atom stereocenters. The number of carbonyl (C=O) groups excluding carboxylic acids is 1. The van der Waals surface area contributed by atoms with Crippen LogP contribution in [0.5, 0.6) is 0 Å². The van der Waals surface area contributed by atoms with Crippen LogP contribution in [0.1, 0.15) is 47.0 Å². The van der Waals surface area contributed by atoms with Crippen LogP contribution in [0.2, 0.25) is 0 Å². The maximum Gasteiger partial charge on any atom is 0.333 e. The molecule has 19 heavy (non-hydrogen) atoms. The molecule has 7 atom stereocenters. The van der Waals surface area contributed by atoms with Gasteiger partial charge in [0.05, 0.1) is 0 Å². The Kier molecular flexibility index (Phi) is 2.85. The lowest BCUT2D eigenvalue weighted by Gasteiger charge is -2.65. The Bertz CT molecular complexity index is 427. The molecule has 3 rings (SSSR count). The largest absolute Gasteiger partial charge is 0.455 e. The van der Waals surface area contributed by atoms with E-state index in [-0.39, 0.29) is 11.6 Å². The monoisotopic (exact) mass is 262 g/mol. The molecule has 0 amide bonds. The van der Waals surface area contributed by atoms with Crippen molar-refractivity contribution in [3.05, 3.63) is 12.2 Å². The SMILES string of the molecule is C=C(C)C(=O)OC1(C)C(C)C2CC3CC(C)C3CC21. The second-order valence-corrected chi connectivity index (χ2v) is 7.52. The summed E-state index contributed by atoms with van der Waals surface area (Å²) in [6, 6.07) is 0. The van der Waals surface area contributed by atoms with Crippen LogP contribution in [0.25, 0.3) is 0 Å². The molecule has 0 bridgehead atoms. The summed E-state index contributed by atoms with van der Waals surface area (Å²) < 4.78 is 5.82. The summed E-state index contributed by atoms with van der Waals surface area (Å²) >= 11 is 0. The third-order valence-corrected chi connectivity index (χ3v) is 6.57. The lowest BCUT2D eigenvalue weighted by Crippen LogP contribution is -2.66. The van der Waals surface area contributed by atoms with Crippen LogP contribution in [-0.4, -0.2) is 11.6 Å². The molecule has 0 heterocycles. The summed E-state index contributed by atoms with van der Waals surface area (Å²) in [6.45, 7) is 12.2. The third kappa shape index (κ3) is 1.71. The van der Waals surface area contributed by atoms with E-state index in [1.54, 1.807) is 6.92 Å². The fraction of sp³-hybridized carbons (Fsp3) is 0.824. The van der Waals surface area contributed by atoms with E-state index in [1.807, 2.05) is 0 Å². The first-order valence-corrected chi connectivity index (χ1v) is 7.73. The van der Waals surface area contributed by atoms with Crippen LogP contribution in [0, 0.1) is 35.5 Å². The molecular formula is C17H26O2. The van der Waals surface area contributed by atoms with Crippen LogP contribution < -0.4 is 0 Å². The maximum absolute atomic E-state index is 11.9. The highest BCUT2D eigenvalue weighted by molar-refractivity contribution is 5.87. The smallest absolute Gasteiger partial charge is 0.333 e. The molecule has 3 saturated carbocycles. The molecule has 0 aromatic rings. The minimum Gasteiger partial charge on any atom is -0.455 e. The molecule has 0 saturated heterocycles. The van der Waals surface area contributed by atoms with Crippen molar-refractivity contribution in [1.29, 1.82) is 0 Å². The van der Waals surface area contributed by atoms with Gasteiger partial charge in [-0.15, -0.1) is 0 Å². The van der Waals surface area contributed by atoms with Gasteiger partial charge < -0.3 is 4.74 Å². The summed E-state index contributed by atoms with van der Waals surface area (Å²) in [4.78, 5) is 11.9. The normalized spacial score (nSPS) is 51.2. The highest BCUT2D eigenvalue weighted by atomic mass is 16.6. The average molecular weight is 262 g/mol. The Morgan fingerprint density at radius 1 is 1.21 bits per heavy atom. The van der Waals surface area contributed by atoms with Crippen molar-refractivity contribution in [2.75, 3.05) is 0 Å². The van der Waals surface area contributed by atoms with Crippen LogP contribution in [0.15, 0.2) is 12.2 Å². The minimum atomic E-state index is -0.249. The van der Waals surface area contributed by atoms with Crippen molar-refractivity contribution < 1.29 is 9.53 Å². The molecule has 0 N–H and O–H groups in total. The van der Waals surface area contributed by atoms with Gasteiger partial charge in [0, 0.05) is 11.5 Å². The summed E-state index contributed by atoms with van der Waals surface area (Å²) in [5, 5.41) is 0. The van der Waals surface area contributed by atoms with Crippen LogP contribution in [0.3, 0.4) is 0 Å². The van der Waals surface area contributed by atoms with E-state index in [1.165, 1.54) is 19.3 Å². The third-order valence-electron chi connectivity index (χ3n) is 6.57. The average Bonchev–Trinajstić information content (AvgIpc) is 2.35. The highest BCUT2D eigenvalue weighted by Gasteiger charge is 2.64. The van der Waals surface area contributed by atoms with E-state index in [0.29, 0.717) is 17.4 Å². The number of rotatable bonds is 2. The maximum atomic E-state index is 11.9. The lowest BCUT2D eigenvalue weighted by molar-refractivity contribution is -0.241. The van der Waals surface area contributed by atoms with Crippen molar-refractivity contribution in [3.63, 3.8) is 0 Å². The van der Waals surface area contributed by atoms with Gasteiger partial charge >= 0.3 is 5.97 Å². The number of hydrogen-bond acceptors (Lipinski definition) is 2. The van der Waals surface area contributed by atoms with E-state index in [9.17, 15) is 4.79 Å².